The lowest BCUT2D eigenvalue weighted by Crippen LogP contribution is -2.64. The van der Waals surface area contributed by atoms with Crippen molar-refractivity contribution in [2.45, 2.75) is 38.1 Å². The minimum Gasteiger partial charge on any atom is -0.373 e. The van der Waals surface area contributed by atoms with Crippen LogP contribution < -0.4 is 0 Å². The molecule has 0 bridgehead atoms. The second kappa shape index (κ2) is 5.19. The van der Waals surface area contributed by atoms with Crippen LogP contribution in [-0.4, -0.2) is 48.3 Å². The van der Waals surface area contributed by atoms with Gasteiger partial charge in [0.05, 0.1) is 18.3 Å². The zero-order valence-corrected chi connectivity index (χ0v) is 11.8. The molecule has 1 unspecified atom stereocenters. The van der Waals surface area contributed by atoms with E-state index in [1.54, 1.807) is 0 Å². The topological polar surface area (TPSA) is 34.6 Å². The molecule has 4 heteroatoms. The fourth-order valence-electron chi connectivity index (χ4n) is 3.19. The van der Waals surface area contributed by atoms with E-state index in [0.29, 0.717) is 12.7 Å². The fourth-order valence-corrected chi connectivity index (χ4v) is 3.19. The summed E-state index contributed by atoms with van der Waals surface area (Å²) < 4.78 is 12.0. The SMILES string of the molecule is Cc1cncc(COC2CCOC3(C2)CN(C)C3)c1. The van der Waals surface area contributed by atoms with Crippen molar-refractivity contribution in [2.24, 2.45) is 0 Å². The van der Waals surface area contributed by atoms with Gasteiger partial charge in [-0.1, -0.05) is 6.07 Å². The molecule has 4 nitrogen and oxygen atoms in total. The van der Waals surface area contributed by atoms with Crippen molar-refractivity contribution in [3.63, 3.8) is 0 Å². The summed E-state index contributed by atoms with van der Waals surface area (Å²) in [5.74, 6) is 0. The molecular weight excluding hydrogens is 240 g/mol. The van der Waals surface area contributed by atoms with Crippen molar-refractivity contribution in [1.82, 2.24) is 9.88 Å². The quantitative estimate of drug-likeness (QED) is 0.831. The molecule has 2 saturated heterocycles. The van der Waals surface area contributed by atoms with E-state index in [0.717, 1.165) is 38.1 Å². The number of pyridine rings is 1. The molecule has 0 aliphatic carbocycles. The Bertz CT molecular complexity index is 438. The van der Waals surface area contributed by atoms with Crippen LogP contribution in [0, 0.1) is 6.92 Å². The molecule has 0 amide bonds. The fraction of sp³-hybridized carbons (Fsp3) is 0.667. The van der Waals surface area contributed by atoms with Gasteiger partial charge in [-0.15, -0.1) is 0 Å². The molecule has 2 fully saturated rings. The third kappa shape index (κ3) is 2.96. The van der Waals surface area contributed by atoms with E-state index < -0.39 is 0 Å². The van der Waals surface area contributed by atoms with E-state index in [2.05, 4.69) is 29.9 Å². The Morgan fingerprint density at radius 2 is 2.32 bits per heavy atom. The van der Waals surface area contributed by atoms with Crippen molar-refractivity contribution < 1.29 is 9.47 Å². The molecule has 0 saturated carbocycles. The van der Waals surface area contributed by atoms with E-state index in [1.807, 2.05) is 12.4 Å². The lowest BCUT2D eigenvalue weighted by atomic mass is 9.85. The number of nitrogens with zero attached hydrogens (tertiary/aromatic N) is 2. The third-order valence-electron chi connectivity index (χ3n) is 3.98. The molecule has 1 atom stereocenters. The summed E-state index contributed by atoms with van der Waals surface area (Å²) in [5, 5.41) is 0. The highest BCUT2D eigenvalue weighted by molar-refractivity contribution is 5.15. The average molecular weight is 262 g/mol. The second-order valence-electron chi connectivity index (χ2n) is 6.00. The molecule has 2 aliphatic heterocycles. The minimum atomic E-state index is 0.0719. The van der Waals surface area contributed by atoms with Gasteiger partial charge in [-0.25, -0.2) is 0 Å². The Kier molecular flexibility index (Phi) is 3.56. The summed E-state index contributed by atoms with van der Waals surface area (Å²) in [5.41, 5.74) is 2.42. The van der Waals surface area contributed by atoms with Crippen LogP contribution >= 0.6 is 0 Å². The first kappa shape index (κ1) is 13.0. The van der Waals surface area contributed by atoms with Crippen LogP contribution in [0.4, 0.5) is 0 Å². The predicted octanol–water partition coefficient (Wildman–Crippen LogP) is 1.77. The number of hydrogen-bond donors (Lipinski definition) is 0. The lowest BCUT2D eigenvalue weighted by molar-refractivity contribution is -0.193. The Balaban J connectivity index is 1.53. The van der Waals surface area contributed by atoms with Gasteiger partial charge in [0, 0.05) is 38.5 Å². The molecule has 2 aliphatic rings. The molecule has 0 aromatic carbocycles. The Labute approximate surface area is 114 Å². The van der Waals surface area contributed by atoms with Gasteiger partial charge in [0.15, 0.2) is 0 Å². The predicted molar refractivity (Wildman–Crippen MR) is 73.0 cm³/mol. The van der Waals surface area contributed by atoms with Crippen molar-refractivity contribution in [3.8, 4) is 0 Å². The molecule has 1 spiro atoms. The Morgan fingerprint density at radius 3 is 3.05 bits per heavy atom. The van der Waals surface area contributed by atoms with Crippen LogP contribution in [0.1, 0.15) is 24.0 Å². The molecular formula is C15H22N2O2. The lowest BCUT2D eigenvalue weighted by Gasteiger charge is -2.51. The van der Waals surface area contributed by atoms with E-state index in [9.17, 15) is 0 Å². The minimum absolute atomic E-state index is 0.0719. The summed E-state index contributed by atoms with van der Waals surface area (Å²) >= 11 is 0. The smallest absolute Gasteiger partial charge is 0.0959 e. The first-order valence-electron chi connectivity index (χ1n) is 7.00. The highest BCUT2D eigenvalue weighted by atomic mass is 16.5. The number of hydrogen-bond acceptors (Lipinski definition) is 4. The largest absolute Gasteiger partial charge is 0.373 e. The number of ether oxygens (including phenoxy) is 2. The zero-order chi connectivity index (χ0) is 13.3. The van der Waals surface area contributed by atoms with Crippen LogP contribution in [0.15, 0.2) is 18.5 Å². The molecule has 19 heavy (non-hydrogen) atoms. The zero-order valence-electron chi connectivity index (χ0n) is 11.8. The summed E-state index contributed by atoms with van der Waals surface area (Å²) in [7, 11) is 2.14. The van der Waals surface area contributed by atoms with E-state index in [-0.39, 0.29) is 5.60 Å². The molecule has 3 heterocycles. The van der Waals surface area contributed by atoms with Gasteiger partial charge in [0.2, 0.25) is 0 Å². The molecule has 1 aromatic rings. The van der Waals surface area contributed by atoms with Crippen molar-refractivity contribution >= 4 is 0 Å². The van der Waals surface area contributed by atoms with Gasteiger partial charge < -0.3 is 14.4 Å². The molecule has 3 rings (SSSR count). The second-order valence-corrected chi connectivity index (χ2v) is 6.00. The normalized spacial score (nSPS) is 26.3. The Hall–Kier alpha value is -0.970. The van der Waals surface area contributed by atoms with Crippen LogP contribution in [0.2, 0.25) is 0 Å². The number of rotatable bonds is 3. The molecule has 0 N–H and O–H groups in total. The van der Waals surface area contributed by atoms with Crippen molar-refractivity contribution in [2.75, 3.05) is 26.7 Å². The monoisotopic (exact) mass is 262 g/mol. The van der Waals surface area contributed by atoms with Gasteiger partial charge in [-0.3, -0.25) is 4.98 Å². The number of aryl methyl sites for hydroxylation is 1. The van der Waals surface area contributed by atoms with E-state index in [1.165, 1.54) is 5.56 Å². The van der Waals surface area contributed by atoms with Crippen LogP contribution in [0.3, 0.4) is 0 Å². The third-order valence-corrected chi connectivity index (χ3v) is 3.98. The van der Waals surface area contributed by atoms with Crippen LogP contribution in [0.5, 0.6) is 0 Å². The maximum atomic E-state index is 6.05. The maximum absolute atomic E-state index is 6.05. The first-order valence-corrected chi connectivity index (χ1v) is 7.00. The van der Waals surface area contributed by atoms with Crippen molar-refractivity contribution in [1.29, 1.82) is 0 Å². The highest BCUT2D eigenvalue weighted by Crippen LogP contribution is 2.34. The maximum Gasteiger partial charge on any atom is 0.0959 e. The summed E-state index contributed by atoms with van der Waals surface area (Å²) in [6.07, 6.45) is 6.11. The average Bonchev–Trinajstić information content (AvgIpc) is 2.35. The van der Waals surface area contributed by atoms with Gasteiger partial charge in [0.25, 0.3) is 0 Å². The van der Waals surface area contributed by atoms with Crippen molar-refractivity contribution in [3.05, 3.63) is 29.6 Å². The number of likely N-dealkylation sites (N-methyl/N-ethyl adjacent to an activating group) is 1. The summed E-state index contributed by atoms with van der Waals surface area (Å²) in [6, 6.07) is 2.14. The van der Waals surface area contributed by atoms with E-state index in [4.69, 9.17) is 9.47 Å². The standard InChI is InChI=1S/C15H22N2O2/c1-12-5-13(8-16-7-12)9-18-14-3-4-19-15(6-14)10-17(2)11-15/h5,7-8,14H,3-4,6,9-11H2,1-2H3. The molecule has 104 valence electrons. The van der Waals surface area contributed by atoms with Gasteiger partial charge in [-0.2, -0.15) is 0 Å². The van der Waals surface area contributed by atoms with Crippen LogP contribution in [-0.2, 0) is 16.1 Å². The first-order chi connectivity index (χ1) is 9.15. The van der Waals surface area contributed by atoms with Gasteiger partial charge in [0.1, 0.15) is 0 Å². The van der Waals surface area contributed by atoms with Crippen LogP contribution in [0.25, 0.3) is 0 Å². The Morgan fingerprint density at radius 1 is 1.47 bits per heavy atom. The molecule has 0 radical (unpaired) electrons. The number of aromatic nitrogens is 1. The highest BCUT2D eigenvalue weighted by Gasteiger charge is 2.46. The summed E-state index contributed by atoms with van der Waals surface area (Å²) in [4.78, 5) is 6.50. The van der Waals surface area contributed by atoms with E-state index >= 15 is 0 Å². The molecule has 1 aromatic heterocycles. The van der Waals surface area contributed by atoms with Gasteiger partial charge >= 0.3 is 0 Å². The van der Waals surface area contributed by atoms with Gasteiger partial charge in [-0.05, 0) is 31.5 Å². The number of likely N-dealkylation sites (tertiary alicyclic amines) is 1. The summed E-state index contributed by atoms with van der Waals surface area (Å²) in [6.45, 7) is 5.62.